The molecule has 0 aliphatic heterocycles. The van der Waals surface area contributed by atoms with Gasteiger partial charge in [0.25, 0.3) is 11.5 Å². The zero-order valence-corrected chi connectivity index (χ0v) is 19.1. The Bertz CT molecular complexity index is 1140. The summed E-state index contributed by atoms with van der Waals surface area (Å²) in [6.45, 7) is 6.94. The van der Waals surface area contributed by atoms with Gasteiger partial charge in [-0.15, -0.1) is 0 Å². The molecule has 0 N–H and O–H groups in total. The van der Waals surface area contributed by atoms with Gasteiger partial charge < -0.3 is 9.64 Å². The number of ether oxygens (including phenoxy) is 1. The molecular formula is C24H28ClN3O3. The first-order valence-corrected chi connectivity index (χ1v) is 11.0. The van der Waals surface area contributed by atoms with Crippen LogP contribution in [0.4, 0.5) is 0 Å². The van der Waals surface area contributed by atoms with Gasteiger partial charge in [-0.25, -0.2) is 4.98 Å². The van der Waals surface area contributed by atoms with Crippen LogP contribution in [0.2, 0.25) is 5.02 Å². The highest BCUT2D eigenvalue weighted by Gasteiger charge is 2.28. The van der Waals surface area contributed by atoms with E-state index in [0.29, 0.717) is 52.6 Å². The minimum Gasteiger partial charge on any atom is -0.497 e. The molecule has 0 fully saturated rings. The SMILES string of the molecule is CCCN(C(=O)c1cccc(OC)c1)C(CC)c1nc2cc(Cl)ccc2c(=O)n1CC. The third-order valence-corrected chi connectivity index (χ3v) is 5.60. The van der Waals surface area contributed by atoms with Crippen LogP contribution in [0.25, 0.3) is 10.9 Å². The van der Waals surface area contributed by atoms with Gasteiger partial charge >= 0.3 is 0 Å². The lowest BCUT2D eigenvalue weighted by atomic mass is 10.1. The lowest BCUT2D eigenvalue weighted by Crippen LogP contribution is -2.39. The van der Waals surface area contributed by atoms with Crippen LogP contribution in [-0.4, -0.2) is 34.0 Å². The molecule has 0 spiro atoms. The van der Waals surface area contributed by atoms with Gasteiger partial charge in [0.05, 0.1) is 24.1 Å². The molecule has 3 aromatic rings. The maximum atomic E-state index is 13.5. The number of nitrogens with zero attached hydrogens (tertiary/aromatic N) is 3. The zero-order chi connectivity index (χ0) is 22.5. The average Bonchev–Trinajstić information content (AvgIpc) is 2.78. The van der Waals surface area contributed by atoms with E-state index in [9.17, 15) is 9.59 Å². The van der Waals surface area contributed by atoms with E-state index in [2.05, 4.69) is 0 Å². The van der Waals surface area contributed by atoms with E-state index < -0.39 is 0 Å². The number of carbonyl (C=O) groups is 1. The van der Waals surface area contributed by atoms with Crippen LogP contribution in [0.3, 0.4) is 0 Å². The molecule has 1 heterocycles. The van der Waals surface area contributed by atoms with Crippen molar-refractivity contribution in [2.75, 3.05) is 13.7 Å². The zero-order valence-electron chi connectivity index (χ0n) is 18.4. The number of methoxy groups -OCH3 is 1. The Morgan fingerprint density at radius 3 is 2.61 bits per heavy atom. The highest BCUT2D eigenvalue weighted by atomic mass is 35.5. The van der Waals surface area contributed by atoms with E-state index in [4.69, 9.17) is 21.3 Å². The molecule has 7 heteroatoms. The molecule has 1 amide bonds. The summed E-state index contributed by atoms with van der Waals surface area (Å²) >= 11 is 6.16. The van der Waals surface area contributed by atoms with Gasteiger partial charge in [0.15, 0.2) is 0 Å². The summed E-state index contributed by atoms with van der Waals surface area (Å²) in [5.74, 6) is 1.09. The fourth-order valence-electron chi connectivity index (χ4n) is 3.88. The van der Waals surface area contributed by atoms with Crippen LogP contribution >= 0.6 is 11.6 Å². The number of halogens is 1. The van der Waals surface area contributed by atoms with Gasteiger partial charge in [0.2, 0.25) is 0 Å². The Labute approximate surface area is 187 Å². The first-order valence-electron chi connectivity index (χ1n) is 10.6. The molecule has 164 valence electrons. The number of amides is 1. The fraction of sp³-hybridized carbons (Fsp3) is 0.375. The van der Waals surface area contributed by atoms with Gasteiger partial charge in [-0.1, -0.05) is 31.5 Å². The Morgan fingerprint density at radius 2 is 1.97 bits per heavy atom. The Hall–Kier alpha value is -2.86. The van der Waals surface area contributed by atoms with Crippen molar-refractivity contribution in [3.63, 3.8) is 0 Å². The second kappa shape index (κ2) is 9.96. The number of fused-ring (bicyclic) bond motifs is 1. The lowest BCUT2D eigenvalue weighted by Gasteiger charge is -2.32. The second-order valence-corrected chi connectivity index (χ2v) is 7.77. The van der Waals surface area contributed by atoms with E-state index in [1.54, 1.807) is 53.0 Å². The van der Waals surface area contributed by atoms with Gasteiger partial charge in [0.1, 0.15) is 11.6 Å². The van der Waals surface area contributed by atoms with Gasteiger partial charge in [-0.3, -0.25) is 14.2 Å². The summed E-state index contributed by atoms with van der Waals surface area (Å²) in [4.78, 5) is 33.3. The monoisotopic (exact) mass is 441 g/mol. The minimum absolute atomic E-state index is 0.115. The van der Waals surface area contributed by atoms with Crippen molar-refractivity contribution >= 4 is 28.4 Å². The summed E-state index contributed by atoms with van der Waals surface area (Å²) in [5, 5.41) is 1.04. The molecule has 0 saturated heterocycles. The second-order valence-electron chi connectivity index (χ2n) is 7.34. The molecular weight excluding hydrogens is 414 g/mol. The third kappa shape index (κ3) is 4.59. The topological polar surface area (TPSA) is 64.4 Å². The highest BCUT2D eigenvalue weighted by Crippen LogP contribution is 2.27. The average molecular weight is 442 g/mol. The molecule has 0 radical (unpaired) electrons. The first kappa shape index (κ1) is 22.8. The molecule has 1 aromatic heterocycles. The molecule has 2 aromatic carbocycles. The normalized spacial score (nSPS) is 12.0. The molecule has 1 atom stereocenters. The van der Waals surface area contributed by atoms with Crippen molar-refractivity contribution in [1.82, 2.24) is 14.5 Å². The van der Waals surface area contributed by atoms with Crippen LogP contribution in [-0.2, 0) is 6.54 Å². The summed E-state index contributed by atoms with van der Waals surface area (Å²) in [6, 6.07) is 11.9. The molecule has 3 rings (SSSR count). The number of benzene rings is 2. The largest absolute Gasteiger partial charge is 0.497 e. The van der Waals surface area contributed by atoms with Crippen molar-refractivity contribution < 1.29 is 9.53 Å². The molecule has 31 heavy (non-hydrogen) atoms. The van der Waals surface area contributed by atoms with Crippen molar-refractivity contribution in [2.24, 2.45) is 0 Å². The summed E-state index contributed by atoms with van der Waals surface area (Å²) in [7, 11) is 1.58. The first-order chi connectivity index (χ1) is 14.9. The van der Waals surface area contributed by atoms with E-state index in [-0.39, 0.29) is 17.5 Å². The number of aromatic nitrogens is 2. The summed E-state index contributed by atoms with van der Waals surface area (Å²) in [5.41, 5.74) is 0.962. The maximum absolute atomic E-state index is 13.5. The predicted molar refractivity (Wildman–Crippen MR) is 124 cm³/mol. The summed E-state index contributed by atoms with van der Waals surface area (Å²) in [6.07, 6.45) is 1.40. The van der Waals surface area contributed by atoms with Gasteiger partial charge in [-0.05, 0) is 56.2 Å². The van der Waals surface area contributed by atoms with E-state index in [0.717, 1.165) is 6.42 Å². The van der Waals surface area contributed by atoms with E-state index in [1.165, 1.54) is 0 Å². The Kier molecular flexibility index (Phi) is 7.33. The van der Waals surface area contributed by atoms with Crippen LogP contribution in [0.1, 0.15) is 55.8 Å². The van der Waals surface area contributed by atoms with Gasteiger partial charge in [0, 0.05) is 23.7 Å². The van der Waals surface area contributed by atoms with E-state index in [1.807, 2.05) is 26.8 Å². The maximum Gasteiger partial charge on any atom is 0.261 e. The number of hydrogen-bond donors (Lipinski definition) is 0. The highest BCUT2D eigenvalue weighted by molar-refractivity contribution is 6.31. The Morgan fingerprint density at radius 1 is 1.19 bits per heavy atom. The predicted octanol–water partition coefficient (Wildman–Crippen LogP) is 5.08. The molecule has 1 unspecified atom stereocenters. The third-order valence-electron chi connectivity index (χ3n) is 5.37. The van der Waals surface area contributed by atoms with Crippen LogP contribution < -0.4 is 10.3 Å². The molecule has 0 aliphatic rings. The summed E-state index contributed by atoms with van der Waals surface area (Å²) < 4.78 is 6.95. The minimum atomic E-state index is -0.352. The molecule has 6 nitrogen and oxygen atoms in total. The quantitative estimate of drug-likeness (QED) is 0.488. The van der Waals surface area contributed by atoms with E-state index >= 15 is 0 Å². The van der Waals surface area contributed by atoms with Crippen molar-refractivity contribution in [1.29, 1.82) is 0 Å². The molecule has 0 saturated carbocycles. The lowest BCUT2D eigenvalue weighted by molar-refractivity contribution is 0.0656. The fourth-order valence-corrected chi connectivity index (χ4v) is 4.04. The standard InChI is InChI=1S/C24H28ClN3O3/c1-5-13-28(23(29)16-9-8-10-18(14-16)31-4)21(6-2)22-26-20-15-17(25)11-12-19(20)24(30)27(22)7-3/h8-12,14-15,21H,5-7,13H2,1-4H3. The van der Waals surface area contributed by atoms with Gasteiger partial charge in [-0.2, -0.15) is 0 Å². The van der Waals surface area contributed by atoms with Crippen molar-refractivity contribution in [3.8, 4) is 5.75 Å². The van der Waals surface area contributed by atoms with Crippen LogP contribution in [0, 0.1) is 0 Å². The smallest absolute Gasteiger partial charge is 0.261 e. The van der Waals surface area contributed by atoms with Crippen molar-refractivity contribution in [2.45, 2.75) is 46.2 Å². The number of carbonyl (C=O) groups excluding carboxylic acids is 1. The number of rotatable bonds is 8. The molecule has 0 bridgehead atoms. The Balaban J connectivity index is 2.15. The van der Waals surface area contributed by atoms with Crippen LogP contribution in [0.15, 0.2) is 47.3 Å². The van der Waals surface area contributed by atoms with Crippen molar-refractivity contribution in [3.05, 3.63) is 69.2 Å². The number of hydrogen-bond acceptors (Lipinski definition) is 4. The molecule has 0 aliphatic carbocycles. The van der Waals surface area contributed by atoms with Crippen LogP contribution in [0.5, 0.6) is 5.75 Å².